The summed E-state index contributed by atoms with van der Waals surface area (Å²) in [6, 6.07) is 14.7. The highest BCUT2D eigenvalue weighted by Gasteiger charge is 2.16. The fraction of sp³-hybridized carbons (Fsp3) is 0.348. The second-order valence-corrected chi connectivity index (χ2v) is 7.60. The molecule has 0 amide bonds. The van der Waals surface area contributed by atoms with Gasteiger partial charge in [-0.25, -0.2) is 0 Å². The van der Waals surface area contributed by atoms with E-state index < -0.39 is 0 Å². The number of anilines is 2. The minimum Gasteiger partial charge on any atom is -0.369 e. The molecule has 2 aromatic carbocycles. The van der Waals surface area contributed by atoms with Gasteiger partial charge >= 0.3 is 0 Å². The maximum atomic E-state index is 9.34. The van der Waals surface area contributed by atoms with Gasteiger partial charge in [-0.05, 0) is 50.1 Å². The smallest absolute Gasteiger partial charge is 0.157 e. The zero-order valence-corrected chi connectivity index (χ0v) is 17.2. The predicted molar refractivity (Wildman–Crippen MR) is 117 cm³/mol. The minimum absolute atomic E-state index is 0.00588. The van der Waals surface area contributed by atoms with E-state index in [1.807, 2.05) is 26.0 Å². The maximum Gasteiger partial charge on any atom is 0.157 e. The van der Waals surface area contributed by atoms with Crippen LogP contribution in [-0.2, 0) is 0 Å². The second kappa shape index (κ2) is 8.06. The van der Waals surface area contributed by atoms with Crippen molar-refractivity contribution >= 4 is 22.3 Å². The lowest BCUT2D eigenvalue weighted by molar-refractivity contribution is 0.589. The number of nitrogens with one attached hydrogen (secondary N) is 2. The normalized spacial score (nSPS) is 15.2. The van der Waals surface area contributed by atoms with Crippen molar-refractivity contribution in [3.8, 4) is 6.07 Å². The van der Waals surface area contributed by atoms with E-state index in [1.54, 1.807) is 0 Å². The number of hydrogen-bond donors (Lipinski definition) is 2. The molecule has 1 fully saturated rings. The van der Waals surface area contributed by atoms with Gasteiger partial charge in [0.15, 0.2) is 5.82 Å². The lowest BCUT2D eigenvalue weighted by Gasteiger charge is -2.30. The summed E-state index contributed by atoms with van der Waals surface area (Å²) >= 11 is 0. The minimum atomic E-state index is 0.00588. The Balaban J connectivity index is 1.71. The third-order valence-corrected chi connectivity index (χ3v) is 5.75. The molecular weight excluding hydrogens is 360 g/mol. The molecule has 1 aliphatic rings. The largest absolute Gasteiger partial charge is 0.369 e. The van der Waals surface area contributed by atoms with Gasteiger partial charge in [0.05, 0.1) is 23.4 Å². The summed E-state index contributed by atoms with van der Waals surface area (Å²) in [6.07, 6.45) is 0. The van der Waals surface area contributed by atoms with Crippen molar-refractivity contribution in [3.05, 3.63) is 58.8 Å². The number of rotatable bonds is 4. The van der Waals surface area contributed by atoms with Crippen LogP contribution in [-0.4, -0.2) is 36.4 Å². The van der Waals surface area contributed by atoms with Crippen LogP contribution in [0.15, 0.2) is 36.4 Å². The molecule has 2 N–H and O–H groups in total. The Morgan fingerprint density at radius 2 is 1.90 bits per heavy atom. The Morgan fingerprint density at radius 3 is 2.66 bits per heavy atom. The number of aryl methyl sites for hydroxylation is 1. The summed E-state index contributed by atoms with van der Waals surface area (Å²) in [5, 5.41) is 27.3. The number of hydrogen-bond acceptors (Lipinski definition) is 6. The molecule has 6 heteroatoms. The monoisotopic (exact) mass is 386 g/mol. The third kappa shape index (κ3) is 3.74. The number of nitrogens with zero attached hydrogens (tertiary/aromatic N) is 4. The van der Waals surface area contributed by atoms with Gasteiger partial charge < -0.3 is 15.5 Å². The molecular formula is C23H26N6. The summed E-state index contributed by atoms with van der Waals surface area (Å²) in [5.74, 6) is 0.775. The summed E-state index contributed by atoms with van der Waals surface area (Å²) in [4.78, 5) is 2.40. The standard InChI is InChI=1S/C23H26N6/c1-15-18(14-24)5-4-6-20(15)16(2)26-23-22-13-19(29-11-9-25-10-12-29)7-8-21(22)17(3)27-28-23/h4-8,13,16,25H,9-12H2,1-3H3,(H,26,28)/t16-/m1/s1. The zero-order chi connectivity index (χ0) is 20.4. The van der Waals surface area contributed by atoms with Crippen molar-refractivity contribution in [2.45, 2.75) is 26.8 Å². The van der Waals surface area contributed by atoms with Crippen LogP contribution in [0.25, 0.3) is 10.8 Å². The van der Waals surface area contributed by atoms with E-state index in [-0.39, 0.29) is 6.04 Å². The quantitative estimate of drug-likeness (QED) is 0.712. The summed E-state index contributed by atoms with van der Waals surface area (Å²) < 4.78 is 0. The van der Waals surface area contributed by atoms with E-state index in [2.05, 4.69) is 63.0 Å². The molecule has 2 heterocycles. The lowest BCUT2D eigenvalue weighted by Crippen LogP contribution is -2.43. The number of piperazine rings is 1. The molecule has 0 saturated carbocycles. The molecule has 29 heavy (non-hydrogen) atoms. The van der Waals surface area contributed by atoms with E-state index in [0.717, 1.165) is 59.6 Å². The van der Waals surface area contributed by atoms with E-state index in [0.29, 0.717) is 5.56 Å². The van der Waals surface area contributed by atoms with E-state index in [1.165, 1.54) is 5.69 Å². The first-order chi connectivity index (χ1) is 14.1. The summed E-state index contributed by atoms with van der Waals surface area (Å²) in [5.41, 5.74) is 4.94. The molecule has 1 aromatic heterocycles. The van der Waals surface area contributed by atoms with Crippen molar-refractivity contribution in [1.82, 2.24) is 15.5 Å². The number of aromatic nitrogens is 2. The van der Waals surface area contributed by atoms with Crippen molar-refractivity contribution in [2.75, 3.05) is 36.4 Å². The number of fused-ring (bicyclic) bond motifs is 1. The van der Waals surface area contributed by atoms with Crippen molar-refractivity contribution < 1.29 is 0 Å². The van der Waals surface area contributed by atoms with Crippen LogP contribution in [0.3, 0.4) is 0 Å². The summed E-state index contributed by atoms with van der Waals surface area (Å²) in [7, 11) is 0. The summed E-state index contributed by atoms with van der Waals surface area (Å²) in [6.45, 7) is 10.1. The molecule has 1 atom stereocenters. The van der Waals surface area contributed by atoms with Gasteiger partial charge in [0.25, 0.3) is 0 Å². The first-order valence-electron chi connectivity index (χ1n) is 10.1. The topological polar surface area (TPSA) is 76.9 Å². The molecule has 0 aliphatic carbocycles. The van der Waals surface area contributed by atoms with Gasteiger partial charge in [-0.15, -0.1) is 5.10 Å². The molecule has 0 radical (unpaired) electrons. The van der Waals surface area contributed by atoms with Gasteiger partial charge in [0.2, 0.25) is 0 Å². The second-order valence-electron chi connectivity index (χ2n) is 7.60. The molecule has 1 saturated heterocycles. The van der Waals surface area contributed by atoms with Gasteiger partial charge in [-0.2, -0.15) is 10.4 Å². The highest BCUT2D eigenvalue weighted by Crippen LogP contribution is 2.31. The maximum absolute atomic E-state index is 9.34. The van der Waals surface area contributed by atoms with E-state index >= 15 is 0 Å². The number of benzene rings is 2. The molecule has 4 rings (SSSR count). The van der Waals surface area contributed by atoms with Gasteiger partial charge in [0.1, 0.15) is 0 Å². The van der Waals surface area contributed by atoms with Gasteiger partial charge in [-0.3, -0.25) is 0 Å². The Bertz CT molecular complexity index is 1080. The highest BCUT2D eigenvalue weighted by molar-refractivity contribution is 5.95. The molecule has 0 unspecified atom stereocenters. The van der Waals surface area contributed by atoms with Gasteiger partial charge in [-0.1, -0.05) is 18.2 Å². The Kier molecular flexibility index (Phi) is 5.32. The van der Waals surface area contributed by atoms with E-state index in [9.17, 15) is 5.26 Å². The third-order valence-electron chi connectivity index (χ3n) is 5.75. The Hall–Kier alpha value is -3.17. The fourth-order valence-corrected chi connectivity index (χ4v) is 4.03. The van der Waals surface area contributed by atoms with Crippen LogP contribution in [0, 0.1) is 25.2 Å². The SMILES string of the molecule is Cc1c(C#N)cccc1[C@@H](C)Nc1nnc(C)c2ccc(N3CCNCC3)cc12. The highest BCUT2D eigenvalue weighted by atomic mass is 15.2. The molecule has 0 spiro atoms. The molecule has 1 aliphatic heterocycles. The molecule has 3 aromatic rings. The number of nitriles is 1. The van der Waals surface area contributed by atoms with E-state index in [4.69, 9.17) is 0 Å². The molecule has 148 valence electrons. The molecule has 6 nitrogen and oxygen atoms in total. The average molecular weight is 387 g/mol. The lowest BCUT2D eigenvalue weighted by atomic mass is 9.98. The van der Waals surface area contributed by atoms with Crippen LogP contribution in [0.5, 0.6) is 0 Å². The van der Waals surface area contributed by atoms with Crippen LogP contribution in [0.2, 0.25) is 0 Å². The van der Waals surface area contributed by atoms with Crippen molar-refractivity contribution in [3.63, 3.8) is 0 Å². The average Bonchev–Trinajstić information content (AvgIpc) is 2.76. The van der Waals surface area contributed by atoms with Crippen LogP contribution in [0.4, 0.5) is 11.5 Å². The van der Waals surface area contributed by atoms with Gasteiger partial charge in [0, 0.05) is 42.6 Å². The molecule has 0 bridgehead atoms. The first kappa shape index (κ1) is 19.2. The van der Waals surface area contributed by atoms with Crippen molar-refractivity contribution in [2.24, 2.45) is 0 Å². The predicted octanol–water partition coefficient (Wildman–Crippen LogP) is 3.70. The Labute approximate surface area is 171 Å². The zero-order valence-electron chi connectivity index (χ0n) is 17.2. The van der Waals surface area contributed by atoms with Crippen LogP contribution >= 0.6 is 0 Å². The Morgan fingerprint density at radius 1 is 1.10 bits per heavy atom. The van der Waals surface area contributed by atoms with Crippen molar-refractivity contribution in [1.29, 1.82) is 5.26 Å². The van der Waals surface area contributed by atoms with Crippen LogP contribution in [0.1, 0.15) is 35.3 Å². The van der Waals surface area contributed by atoms with Crippen LogP contribution < -0.4 is 15.5 Å². The first-order valence-corrected chi connectivity index (χ1v) is 10.1. The fourth-order valence-electron chi connectivity index (χ4n) is 4.03.